The van der Waals surface area contributed by atoms with Crippen LogP contribution in [0.15, 0.2) is 0 Å². The van der Waals surface area contributed by atoms with Crippen molar-refractivity contribution in [1.29, 1.82) is 0 Å². The number of carboxylic acid groups (broad SMARTS) is 1. The Morgan fingerprint density at radius 1 is 1.05 bits per heavy atom. The number of hydrogen-bond acceptors (Lipinski definition) is 2. The smallest absolute Gasteiger partial charge is 0.306 e. The van der Waals surface area contributed by atoms with Crippen molar-refractivity contribution in [3.8, 4) is 0 Å². The number of rotatable bonds is 2. The maximum Gasteiger partial charge on any atom is 0.306 e. The number of aliphatic carboxylic acids is 1. The highest BCUT2D eigenvalue weighted by molar-refractivity contribution is 5.79. The van der Waals surface area contributed by atoms with Gasteiger partial charge in [0.1, 0.15) is 0 Å². The lowest BCUT2D eigenvalue weighted by atomic mass is 9.86. The molecular weight excluding hydrogens is 242 g/mol. The van der Waals surface area contributed by atoms with Crippen molar-refractivity contribution in [2.45, 2.75) is 51.9 Å². The Balaban J connectivity index is 1.91. The molecule has 1 saturated heterocycles. The van der Waals surface area contributed by atoms with E-state index in [1.165, 1.54) is 12.8 Å². The summed E-state index contributed by atoms with van der Waals surface area (Å²) >= 11 is 0. The summed E-state index contributed by atoms with van der Waals surface area (Å²) in [6, 6.07) is 0. The zero-order valence-electron chi connectivity index (χ0n) is 11.8. The molecule has 0 spiro atoms. The second kappa shape index (κ2) is 6.40. The minimum absolute atomic E-state index is 0.0704. The van der Waals surface area contributed by atoms with Gasteiger partial charge in [-0.15, -0.1) is 0 Å². The first-order chi connectivity index (χ1) is 9.09. The number of likely N-dealkylation sites (tertiary alicyclic amines) is 1. The van der Waals surface area contributed by atoms with Gasteiger partial charge in [-0.1, -0.05) is 32.6 Å². The van der Waals surface area contributed by atoms with Crippen molar-refractivity contribution in [3.05, 3.63) is 0 Å². The SMILES string of the molecule is CC1CN(C(=O)C2CCCCCC2)CCC1C(=O)O. The molecule has 1 aliphatic heterocycles. The fourth-order valence-electron chi connectivity index (χ4n) is 3.50. The minimum atomic E-state index is -0.714. The maximum atomic E-state index is 12.5. The Kier molecular flexibility index (Phi) is 4.83. The van der Waals surface area contributed by atoms with E-state index in [1.54, 1.807) is 0 Å². The fraction of sp³-hybridized carbons (Fsp3) is 0.867. The van der Waals surface area contributed by atoms with Gasteiger partial charge in [0.2, 0.25) is 5.91 Å². The molecule has 2 atom stereocenters. The van der Waals surface area contributed by atoms with Crippen LogP contribution in [0.2, 0.25) is 0 Å². The largest absolute Gasteiger partial charge is 0.481 e. The Morgan fingerprint density at radius 3 is 2.21 bits per heavy atom. The van der Waals surface area contributed by atoms with E-state index in [1.807, 2.05) is 11.8 Å². The molecule has 2 unspecified atom stereocenters. The van der Waals surface area contributed by atoms with Crippen molar-refractivity contribution < 1.29 is 14.7 Å². The monoisotopic (exact) mass is 267 g/mol. The quantitative estimate of drug-likeness (QED) is 0.782. The number of piperidine rings is 1. The molecule has 1 amide bonds. The molecule has 2 rings (SSSR count). The summed E-state index contributed by atoms with van der Waals surface area (Å²) in [6.07, 6.45) is 7.48. The lowest BCUT2D eigenvalue weighted by Crippen LogP contribution is -2.47. The molecule has 2 aliphatic rings. The zero-order valence-corrected chi connectivity index (χ0v) is 11.8. The topological polar surface area (TPSA) is 57.6 Å². The summed E-state index contributed by atoms with van der Waals surface area (Å²) < 4.78 is 0. The molecule has 0 aromatic heterocycles. The zero-order chi connectivity index (χ0) is 13.8. The highest BCUT2D eigenvalue weighted by Gasteiger charge is 2.35. The van der Waals surface area contributed by atoms with Gasteiger partial charge in [-0.25, -0.2) is 0 Å². The van der Waals surface area contributed by atoms with Gasteiger partial charge in [0, 0.05) is 19.0 Å². The Morgan fingerprint density at radius 2 is 1.68 bits per heavy atom. The first-order valence-corrected chi connectivity index (χ1v) is 7.61. The molecule has 1 aliphatic carbocycles. The lowest BCUT2D eigenvalue weighted by Gasteiger charge is -2.36. The van der Waals surface area contributed by atoms with Gasteiger partial charge in [-0.3, -0.25) is 9.59 Å². The molecule has 0 aromatic carbocycles. The van der Waals surface area contributed by atoms with E-state index in [2.05, 4.69) is 0 Å². The number of carbonyl (C=O) groups is 2. The van der Waals surface area contributed by atoms with E-state index in [-0.39, 0.29) is 23.7 Å². The molecule has 0 aromatic rings. The molecule has 1 N–H and O–H groups in total. The van der Waals surface area contributed by atoms with Gasteiger partial charge in [0.15, 0.2) is 0 Å². The predicted octanol–water partition coefficient (Wildman–Crippen LogP) is 2.53. The number of amides is 1. The second-order valence-corrected chi connectivity index (χ2v) is 6.18. The number of hydrogen-bond donors (Lipinski definition) is 1. The molecule has 0 bridgehead atoms. The summed E-state index contributed by atoms with van der Waals surface area (Å²) in [4.78, 5) is 25.5. The van der Waals surface area contributed by atoms with Crippen LogP contribution in [0.4, 0.5) is 0 Å². The van der Waals surface area contributed by atoms with Gasteiger partial charge in [0.05, 0.1) is 5.92 Å². The highest BCUT2D eigenvalue weighted by atomic mass is 16.4. The average molecular weight is 267 g/mol. The standard InChI is InChI=1S/C15H25NO3/c1-11-10-16(9-8-13(11)15(18)19)14(17)12-6-4-2-3-5-7-12/h11-13H,2-10H2,1H3,(H,18,19). The van der Waals surface area contributed by atoms with Crippen molar-refractivity contribution in [2.24, 2.45) is 17.8 Å². The van der Waals surface area contributed by atoms with Crippen molar-refractivity contribution in [1.82, 2.24) is 4.90 Å². The van der Waals surface area contributed by atoms with Crippen LogP contribution >= 0.6 is 0 Å². The van der Waals surface area contributed by atoms with E-state index in [9.17, 15) is 9.59 Å². The molecule has 4 nitrogen and oxygen atoms in total. The lowest BCUT2D eigenvalue weighted by molar-refractivity contribution is -0.149. The number of nitrogens with zero attached hydrogens (tertiary/aromatic N) is 1. The third-order valence-corrected chi connectivity index (χ3v) is 4.74. The van der Waals surface area contributed by atoms with Gasteiger partial charge in [0.25, 0.3) is 0 Å². The summed E-state index contributed by atoms with van der Waals surface area (Å²) in [5, 5.41) is 9.12. The van der Waals surface area contributed by atoms with Crippen molar-refractivity contribution in [2.75, 3.05) is 13.1 Å². The summed E-state index contributed by atoms with van der Waals surface area (Å²) in [5.41, 5.74) is 0. The van der Waals surface area contributed by atoms with Gasteiger partial charge in [-0.2, -0.15) is 0 Å². The fourth-order valence-corrected chi connectivity index (χ4v) is 3.50. The van der Waals surface area contributed by atoms with Crippen LogP contribution in [-0.2, 0) is 9.59 Å². The molecule has 2 fully saturated rings. The predicted molar refractivity (Wildman–Crippen MR) is 72.7 cm³/mol. The molecule has 1 heterocycles. The molecule has 4 heteroatoms. The molecule has 108 valence electrons. The van der Waals surface area contributed by atoms with Crippen molar-refractivity contribution in [3.63, 3.8) is 0 Å². The summed E-state index contributed by atoms with van der Waals surface area (Å²) in [7, 11) is 0. The van der Waals surface area contributed by atoms with Gasteiger partial charge < -0.3 is 10.0 Å². The number of carbonyl (C=O) groups excluding carboxylic acids is 1. The Bertz CT molecular complexity index is 334. The average Bonchev–Trinajstić information content (AvgIpc) is 2.66. The van der Waals surface area contributed by atoms with E-state index >= 15 is 0 Å². The second-order valence-electron chi connectivity index (χ2n) is 6.18. The van der Waals surface area contributed by atoms with E-state index in [0.29, 0.717) is 19.5 Å². The minimum Gasteiger partial charge on any atom is -0.481 e. The van der Waals surface area contributed by atoms with Gasteiger partial charge in [-0.05, 0) is 25.2 Å². The van der Waals surface area contributed by atoms with Crippen LogP contribution in [0, 0.1) is 17.8 Å². The summed E-state index contributed by atoms with van der Waals surface area (Å²) in [6.45, 7) is 3.19. The normalized spacial score (nSPS) is 29.8. The van der Waals surface area contributed by atoms with E-state index in [4.69, 9.17) is 5.11 Å². The molecular formula is C15H25NO3. The maximum absolute atomic E-state index is 12.5. The molecule has 1 saturated carbocycles. The van der Waals surface area contributed by atoms with E-state index < -0.39 is 5.97 Å². The van der Waals surface area contributed by atoms with Crippen LogP contribution in [0.5, 0.6) is 0 Å². The van der Waals surface area contributed by atoms with Crippen LogP contribution in [0.1, 0.15) is 51.9 Å². The van der Waals surface area contributed by atoms with E-state index in [0.717, 1.165) is 25.7 Å². The summed E-state index contributed by atoms with van der Waals surface area (Å²) in [5.74, 6) is -0.457. The first kappa shape index (κ1) is 14.4. The number of carboxylic acids is 1. The van der Waals surface area contributed by atoms with Crippen molar-refractivity contribution >= 4 is 11.9 Å². The molecule has 19 heavy (non-hydrogen) atoms. The first-order valence-electron chi connectivity index (χ1n) is 7.61. The van der Waals surface area contributed by atoms with Crippen LogP contribution in [0.25, 0.3) is 0 Å². The Hall–Kier alpha value is -1.06. The van der Waals surface area contributed by atoms with Crippen LogP contribution < -0.4 is 0 Å². The van der Waals surface area contributed by atoms with Crippen LogP contribution in [-0.4, -0.2) is 35.0 Å². The van der Waals surface area contributed by atoms with Crippen LogP contribution in [0.3, 0.4) is 0 Å². The third-order valence-electron chi connectivity index (χ3n) is 4.74. The highest BCUT2D eigenvalue weighted by Crippen LogP contribution is 2.28. The molecule has 0 radical (unpaired) electrons. The Labute approximate surface area is 115 Å². The van der Waals surface area contributed by atoms with Gasteiger partial charge >= 0.3 is 5.97 Å². The third kappa shape index (κ3) is 3.48.